The Kier molecular flexibility index (Phi) is 3.57. The van der Waals surface area contributed by atoms with E-state index in [1.807, 2.05) is 0 Å². The molecular formula is C15H8Cl2F3NO. The summed E-state index contributed by atoms with van der Waals surface area (Å²) < 4.78 is 38.2. The molecule has 0 spiro atoms. The van der Waals surface area contributed by atoms with Gasteiger partial charge >= 0.3 is 0 Å². The Morgan fingerprint density at radius 1 is 0.955 bits per heavy atom. The molecule has 22 heavy (non-hydrogen) atoms. The molecule has 1 atom stereocenters. The van der Waals surface area contributed by atoms with Gasteiger partial charge in [0, 0.05) is 17.3 Å². The fourth-order valence-corrected chi connectivity index (χ4v) is 3.03. The topological polar surface area (TPSA) is 20.3 Å². The highest BCUT2D eigenvalue weighted by Gasteiger charge is 2.61. The van der Waals surface area contributed by atoms with E-state index in [-0.39, 0.29) is 5.56 Å². The van der Waals surface area contributed by atoms with Crippen LogP contribution in [0.3, 0.4) is 0 Å². The van der Waals surface area contributed by atoms with Gasteiger partial charge < -0.3 is 0 Å². The van der Waals surface area contributed by atoms with Crippen molar-refractivity contribution in [2.24, 2.45) is 0 Å². The van der Waals surface area contributed by atoms with Crippen LogP contribution in [0.1, 0.15) is 11.6 Å². The average molecular weight is 346 g/mol. The monoisotopic (exact) mass is 345 g/mol. The predicted molar refractivity (Wildman–Crippen MR) is 77.4 cm³/mol. The molecule has 1 aliphatic heterocycles. The Morgan fingerprint density at radius 3 is 2.14 bits per heavy atom. The number of halogens is 5. The maximum atomic E-state index is 14.0. The third kappa shape index (κ3) is 2.25. The van der Waals surface area contributed by atoms with Gasteiger partial charge in [-0.15, -0.1) is 0 Å². The van der Waals surface area contributed by atoms with E-state index in [1.54, 1.807) is 0 Å². The first-order valence-corrected chi connectivity index (χ1v) is 7.00. The van der Waals surface area contributed by atoms with E-state index in [1.165, 1.54) is 18.2 Å². The lowest BCUT2D eigenvalue weighted by atomic mass is 9.91. The highest BCUT2D eigenvalue weighted by atomic mass is 35.5. The molecule has 1 aliphatic rings. The molecule has 1 fully saturated rings. The second kappa shape index (κ2) is 5.18. The molecule has 0 saturated carbocycles. The van der Waals surface area contributed by atoms with Crippen molar-refractivity contribution < 1.29 is 18.0 Å². The maximum absolute atomic E-state index is 14.0. The Morgan fingerprint density at radius 2 is 1.55 bits per heavy atom. The number of hydrogen-bond donors (Lipinski definition) is 0. The van der Waals surface area contributed by atoms with Gasteiger partial charge in [0.25, 0.3) is 5.91 Å². The lowest BCUT2D eigenvalue weighted by Gasteiger charge is -2.49. The number of benzene rings is 2. The molecule has 0 N–H and O–H groups in total. The maximum Gasteiger partial charge on any atom is 0.266 e. The highest BCUT2D eigenvalue weighted by molar-refractivity contribution is 6.62. The Labute approximate surface area is 134 Å². The number of rotatable bonds is 2. The number of carbonyl (C=O) groups is 1. The Bertz CT molecular complexity index is 749. The average Bonchev–Trinajstić information content (AvgIpc) is 2.47. The van der Waals surface area contributed by atoms with Crippen molar-refractivity contribution in [3.8, 4) is 0 Å². The minimum atomic E-state index is -1.87. The molecule has 0 radical (unpaired) electrons. The fourth-order valence-electron chi connectivity index (χ4n) is 2.42. The first-order chi connectivity index (χ1) is 10.3. The number of carbonyl (C=O) groups excluding carboxylic acids is 1. The van der Waals surface area contributed by atoms with Gasteiger partial charge in [0.05, 0.1) is 0 Å². The molecule has 0 bridgehead atoms. The number of amides is 1. The molecule has 7 heteroatoms. The molecule has 0 aliphatic carbocycles. The van der Waals surface area contributed by atoms with Crippen molar-refractivity contribution in [2.75, 3.05) is 4.90 Å². The standard InChI is InChI=1S/C15H8Cl2F3NO/c16-15(17)13(11-6-3-9(19)7-12(11)20)21(14(15)22)10-4-1-8(18)2-5-10/h1-7,13H. The normalized spacial score (nSPS) is 20.0. The van der Waals surface area contributed by atoms with E-state index in [0.29, 0.717) is 11.8 Å². The molecule has 114 valence electrons. The van der Waals surface area contributed by atoms with Gasteiger partial charge in [-0.1, -0.05) is 29.3 Å². The minimum Gasteiger partial charge on any atom is -0.299 e. The molecular weight excluding hydrogens is 338 g/mol. The summed E-state index contributed by atoms with van der Waals surface area (Å²) in [6.45, 7) is 0. The van der Waals surface area contributed by atoms with Crippen LogP contribution in [0.5, 0.6) is 0 Å². The van der Waals surface area contributed by atoms with Gasteiger partial charge in [-0.05, 0) is 30.3 Å². The van der Waals surface area contributed by atoms with Gasteiger partial charge in [0.1, 0.15) is 23.5 Å². The van der Waals surface area contributed by atoms with Crippen molar-refractivity contribution in [2.45, 2.75) is 10.4 Å². The third-order valence-corrected chi connectivity index (χ3v) is 4.20. The van der Waals surface area contributed by atoms with E-state index in [2.05, 4.69) is 0 Å². The van der Waals surface area contributed by atoms with Crippen LogP contribution >= 0.6 is 23.2 Å². The van der Waals surface area contributed by atoms with Crippen molar-refractivity contribution in [3.63, 3.8) is 0 Å². The van der Waals surface area contributed by atoms with Crippen LogP contribution < -0.4 is 4.90 Å². The molecule has 0 aromatic heterocycles. The van der Waals surface area contributed by atoms with Crippen LogP contribution in [0.25, 0.3) is 0 Å². The summed E-state index contributed by atoms with van der Waals surface area (Å²) in [6, 6.07) is 6.90. The van der Waals surface area contributed by atoms with E-state index in [4.69, 9.17) is 23.2 Å². The van der Waals surface area contributed by atoms with Gasteiger partial charge in [0.15, 0.2) is 0 Å². The smallest absolute Gasteiger partial charge is 0.266 e. The van der Waals surface area contributed by atoms with Gasteiger partial charge in [-0.2, -0.15) is 0 Å². The number of hydrogen-bond acceptors (Lipinski definition) is 1. The lowest BCUT2D eigenvalue weighted by molar-refractivity contribution is -0.125. The van der Waals surface area contributed by atoms with Gasteiger partial charge in [-0.25, -0.2) is 13.2 Å². The first-order valence-electron chi connectivity index (χ1n) is 6.24. The van der Waals surface area contributed by atoms with Crippen molar-refractivity contribution in [1.29, 1.82) is 0 Å². The van der Waals surface area contributed by atoms with Gasteiger partial charge in [0.2, 0.25) is 4.33 Å². The number of nitrogens with zero attached hydrogens (tertiary/aromatic N) is 1. The summed E-state index contributed by atoms with van der Waals surface area (Å²) in [4.78, 5) is 13.3. The fraction of sp³-hybridized carbons (Fsp3) is 0.133. The van der Waals surface area contributed by atoms with Crippen LogP contribution in [-0.4, -0.2) is 10.2 Å². The van der Waals surface area contributed by atoms with Gasteiger partial charge in [-0.3, -0.25) is 9.69 Å². The number of anilines is 1. The van der Waals surface area contributed by atoms with E-state index in [9.17, 15) is 18.0 Å². The number of β-lactam (4-membered cyclic amide) rings is 1. The predicted octanol–water partition coefficient (Wildman–Crippen LogP) is 4.37. The van der Waals surface area contributed by atoms with Crippen molar-refractivity contribution in [1.82, 2.24) is 0 Å². The zero-order valence-corrected chi connectivity index (χ0v) is 12.4. The van der Waals surface area contributed by atoms with Crippen LogP contribution in [0.4, 0.5) is 18.9 Å². The third-order valence-electron chi connectivity index (χ3n) is 3.47. The van der Waals surface area contributed by atoms with E-state index < -0.39 is 33.7 Å². The zero-order valence-electron chi connectivity index (χ0n) is 10.9. The van der Waals surface area contributed by atoms with Crippen molar-refractivity contribution >= 4 is 34.8 Å². The summed E-state index contributed by atoms with van der Waals surface area (Å²) in [5.74, 6) is -2.76. The second-order valence-corrected chi connectivity index (χ2v) is 6.23. The summed E-state index contributed by atoms with van der Waals surface area (Å²) in [5.41, 5.74) is 0.298. The summed E-state index contributed by atoms with van der Waals surface area (Å²) in [6.07, 6.45) is 0. The summed E-state index contributed by atoms with van der Waals surface area (Å²) in [7, 11) is 0. The number of alkyl halides is 2. The first kappa shape index (κ1) is 15.2. The highest BCUT2D eigenvalue weighted by Crippen LogP contribution is 2.53. The minimum absolute atomic E-state index is 0.0182. The molecule has 1 saturated heterocycles. The Balaban J connectivity index is 2.06. The van der Waals surface area contributed by atoms with Crippen LogP contribution in [0.15, 0.2) is 42.5 Å². The summed E-state index contributed by atoms with van der Waals surface area (Å²) >= 11 is 12.0. The van der Waals surface area contributed by atoms with Crippen LogP contribution in [0.2, 0.25) is 0 Å². The zero-order chi connectivity index (χ0) is 16.1. The van der Waals surface area contributed by atoms with Crippen LogP contribution in [-0.2, 0) is 4.79 Å². The summed E-state index contributed by atoms with van der Waals surface area (Å²) in [5, 5.41) is 0. The molecule has 2 aromatic rings. The lowest BCUT2D eigenvalue weighted by Crippen LogP contribution is -2.63. The SMILES string of the molecule is O=C1N(c2ccc(F)cc2)C(c2ccc(F)cc2F)C1(Cl)Cl. The molecule has 2 nitrogen and oxygen atoms in total. The quantitative estimate of drug-likeness (QED) is 0.584. The molecule has 1 amide bonds. The van der Waals surface area contributed by atoms with Crippen molar-refractivity contribution in [3.05, 3.63) is 65.5 Å². The van der Waals surface area contributed by atoms with E-state index in [0.717, 1.165) is 23.1 Å². The molecule has 1 unspecified atom stereocenters. The largest absolute Gasteiger partial charge is 0.299 e. The Hall–Kier alpha value is -1.72. The second-order valence-electron chi connectivity index (χ2n) is 4.84. The molecule has 3 rings (SSSR count). The van der Waals surface area contributed by atoms with Crippen LogP contribution in [0, 0.1) is 17.5 Å². The van der Waals surface area contributed by atoms with E-state index >= 15 is 0 Å². The molecule has 1 heterocycles. The molecule has 2 aromatic carbocycles.